The van der Waals surface area contributed by atoms with Crippen molar-refractivity contribution >= 4 is 5.69 Å². The van der Waals surface area contributed by atoms with Crippen LogP contribution in [0.25, 0.3) is 0 Å². The molecule has 0 aliphatic carbocycles. The van der Waals surface area contributed by atoms with Crippen molar-refractivity contribution in [3.63, 3.8) is 0 Å². The molecule has 20 heavy (non-hydrogen) atoms. The Balaban J connectivity index is 2.33. The monoisotopic (exact) mass is 271 g/mol. The van der Waals surface area contributed by atoms with Gasteiger partial charge < -0.3 is 9.84 Å². The van der Waals surface area contributed by atoms with Gasteiger partial charge in [-0.15, -0.1) is 0 Å². The highest BCUT2D eigenvalue weighted by atomic mass is 16.6. The zero-order chi connectivity index (χ0) is 14.5. The largest absolute Gasteiger partial charge is 0.438 e. The molecule has 1 heterocycles. The van der Waals surface area contributed by atoms with Crippen LogP contribution in [0.5, 0.6) is 11.6 Å². The van der Waals surface area contributed by atoms with E-state index < -0.39 is 4.92 Å². The molecular weight excluding hydrogens is 262 g/mol. The zero-order valence-corrected chi connectivity index (χ0v) is 10.2. The Hall–Kier alpha value is -2.98. The molecule has 100 valence electrons. The summed E-state index contributed by atoms with van der Waals surface area (Å²) in [6.45, 7) is -0.143. The number of benzene rings is 1. The number of ether oxygens (including phenoxy) is 1. The molecule has 0 saturated carbocycles. The maximum atomic E-state index is 10.6. The molecule has 2 aromatic rings. The second kappa shape index (κ2) is 5.77. The van der Waals surface area contributed by atoms with Crippen molar-refractivity contribution in [1.82, 2.24) is 4.98 Å². The molecule has 0 aliphatic rings. The normalized spacial score (nSPS) is 9.80. The van der Waals surface area contributed by atoms with Gasteiger partial charge in [0, 0.05) is 6.07 Å². The van der Waals surface area contributed by atoms with Crippen LogP contribution in [-0.2, 0) is 6.61 Å². The minimum absolute atomic E-state index is 0.0202. The summed E-state index contributed by atoms with van der Waals surface area (Å²) in [5.41, 5.74) is 0.328. The van der Waals surface area contributed by atoms with E-state index in [9.17, 15) is 10.1 Å². The second-order valence-electron chi connectivity index (χ2n) is 3.82. The highest BCUT2D eigenvalue weighted by Crippen LogP contribution is 2.26. The van der Waals surface area contributed by atoms with Crippen molar-refractivity contribution in [3.05, 3.63) is 57.8 Å². The topological polar surface area (TPSA) is 109 Å². The van der Waals surface area contributed by atoms with Gasteiger partial charge >= 0.3 is 0 Å². The number of pyridine rings is 1. The summed E-state index contributed by atoms with van der Waals surface area (Å²) in [6, 6.07) is 9.50. The molecule has 0 atom stereocenters. The third-order valence-corrected chi connectivity index (χ3v) is 2.46. The fraction of sp³-hybridized carbons (Fsp3) is 0.0769. The molecule has 0 aliphatic heterocycles. The Bertz CT molecular complexity index is 694. The lowest BCUT2D eigenvalue weighted by Crippen LogP contribution is -1.96. The Kier molecular flexibility index (Phi) is 3.88. The zero-order valence-electron chi connectivity index (χ0n) is 10.2. The first-order valence-electron chi connectivity index (χ1n) is 5.56. The number of nitriles is 1. The molecule has 0 amide bonds. The van der Waals surface area contributed by atoms with Gasteiger partial charge in [-0.1, -0.05) is 12.1 Å². The number of aromatic nitrogens is 1. The summed E-state index contributed by atoms with van der Waals surface area (Å²) >= 11 is 0. The summed E-state index contributed by atoms with van der Waals surface area (Å²) in [5.74, 6) is 0.364. The molecule has 1 aromatic carbocycles. The van der Waals surface area contributed by atoms with Crippen LogP contribution in [0.4, 0.5) is 5.69 Å². The van der Waals surface area contributed by atoms with Crippen LogP contribution in [0.2, 0.25) is 0 Å². The Morgan fingerprint density at radius 1 is 1.45 bits per heavy atom. The quantitative estimate of drug-likeness (QED) is 0.673. The highest BCUT2D eigenvalue weighted by Gasteiger charge is 2.13. The summed E-state index contributed by atoms with van der Waals surface area (Å²) in [5, 5.41) is 28.6. The van der Waals surface area contributed by atoms with Crippen molar-refractivity contribution in [2.24, 2.45) is 0 Å². The molecule has 0 fully saturated rings. The molecule has 0 spiro atoms. The summed E-state index contributed by atoms with van der Waals surface area (Å²) in [7, 11) is 0. The van der Waals surface area contributed by atoms with Gasteiger partial charge in [-0.25, -0.2) is 4.98 Å². The van der Waals surface area contributed by atoms with E-state index in [1.54, 1.807) is 30.3 Å². The van der Waals surface area contributed by atoms with E-state index in [0.29, 0.717) is 11.3 Å². The van der Waals surface area contributed by atoms with E-state index >= 15 is 0 Å². The minimum atomic E-state index is -0.635. The predicted octanol–water partition coefficient (Wildman–Crippen LogP) is 2.15. The van der Waals surface area contributed by atoms with Gasteiger partial charge in [0.2, 0.25) is 5.88 Å². The van der Waals surface area contributed by atoms with Gasteiger partial charge in [-0.3, -0.25) is 10.1 Å². The third kappa shape index (κ3) is 2.88. The molecule has 7 heteroatoms. The average molecular weight is 271 g/mol. The van der Waals surface area contributed by atoms with E-state index in [2.05, 4.69) is 4.98 Å². The number of aliphatic hydroxyl groups excluding tert-OH is 1. The highest BCUT2D eigenvalue weighted by molar-refractivity contribution is 5.46. The van der Waals surface area contributed by atoms with Crippen LogP contribution in [0.3, 0.4) is 0 Å². The van der Waals surface area contributed by atoms with Crippen molar-refractivity contribution in [2.45, 2.75) is 6.61 Å². The molecular formula is C13H9N3O4. The molecule has 0 bridgehead atoms. The van der Waals surface area contributed by atoms with Gasteiger partial charge in [-0.2, -0.15) is 5.26 Å². The van der Waals surface area contributed by atoms with Crippen LogP contribution in [0, 0.1) is 21.4 Å². The van der Waals surface area contributed by atoms with E-state index in [4.69, 9.17) is 15.1 Å². The van der Waals surface area contributed by atoms with E-state index in [0.717, 1.165) is 12.3 Å². The molecule has 7 nitrogen and oxygen atoms in total. The van der Waals surface area contributed by atoms with Crippen molar-refractivity contribution in [3.8, 4) is 17.7 Å². The Labute approximate surface area is 113 Å². The third-order valence-electron chi connectivity index (χ3n) is 2.46. The lowest BCUT2D eigenvalue weighted by atomic mass is 10.2. The van der Waals surface area contributed by atoms with Gasteiger partial charge in [0.25, 0.3) is 5.69 Å². The number of nitrogens with zero attached hydrogens (tertiary/aromatic N) is 3. The lowest BCUT2D eigenvalue weighted by Gasteiger charge is -2.07. The number of nitro groups is 1. The van der Waals surface area contributed by atoms with Crippen LogP contribution in [0.15, 0.2) is 36.5 Å². The second-order valence-corrected chi connectivity index (χ2v) is 3.82. The SMILES string of the molecule is N#Cc1cc([N+](=O)[O-])cnc1Oc1cccc(CO)c1. The number of aliphatic hydroxyl groups is 1. The van der Waals surface area contributed by atoms with Crippen LogP contribution in [0.1, 0.15) is 11.1 Å². The van der Waals surface area contributed by atoms with Crippen LogP contribution in [-0.4, -0.2) is 15.0 Å². The first kappa shape index (κ1) is 13.5. The smallest absolute Gasteiger partial charge is 0.289 e. The average Bonchev–Trinajstić information content (AvgIpc) is 2.47. The summed E-state index contributed by atoms with van der Waals surface area (Å²) in [6.07, 6.45) is 1.02. The van der Waals surface area contributed by atoms with Gasteiger partial charge in [-0.05, 0) is 17.7 Å². The maximum Gasteiger partial charge on any atom is 0.289 e. The number of hydrogen-bond acceptors (Lipinski definition) is 6. The van der Waals surface area contributed by atoms with Gasteiger partial charge in [0.1, 0.15) is 23.6 Å². The predicted molar refractivity (Wildman–Crippen MR) is 68.0 cm³/mol. The lowest BCUT2D eigenvalue weighted by molar-refractivity contribution is -0.385. The standard InChI is InChI=1S/C13H9N3O4/c14-6-10-5-11(16(18)19)7-15-13(10)20-12-3-1-2-9(4-12)8-17/h1-5,7,17H,8H2. The Morgan fingerprint density at radius 3 is 2.90 bits per heavy atom. The number of hydrogen-bond donors (Lipinski definition) is 1. The van der Waals surface area contributed by atoms with Crippen LogP contribution < -0.4 is 4.74 Å². The van der Waals surface area contributed by atoms with E-state index in [1.807, 2.05) is 0 Å². The molecule has 1 aromatic heterocycles. The van der Waals surface area contributed by atoms with Gasteiger partial charge in [0.15, 0.2) is 0 Å². The summed E-state index contributed by atoms with van der Waals surface area (Å²) in [4.78, 5) is 13.7. The maximum absolute atomic E-state index is 10.6. The number of rotatable bonds is 4. The van der Waals surface area contributed by atoms with E-state index in [1.165, 1.54) is 0 Å². The molecule has 0 unspecified atom stereocenters. The van der Waals surface area contributed by atoms with Crippen molar-refractivity contribution < 1.29 is 14.8 Å². The van der Waals surface area contributed by atoms with Gasteiger partial charge in [0.05, 0.1) is 11.5 Å². The molecule has 0 saturated heterocycles. The molecule has 0 radical (unpaired) electrons. The Morgan fingerprint density at radius 2 is 2.25 bits per heavy atom. The fourth-order valence-corrected chi connectivity index (χ4v) is 1.52. The van der Waals surface area contributed by atoms with E-state index in [-0.39, 0.29) is 23.7 Å². The summed E-state index contributed by atoms with van der Waals surface area (Å²) < 4.78 is 5.41. The fourth-order valence-electron chi connectivity index (χ4n) is 1.52. The molecule has 2 rings (SSSR count). The first-order chi connectivity index (χ1) is 9.63. The van der Waals surface area contributed by atoms with Crippen molar-refractivity contribution in [2.75, 3.05) is 0 Å². The molecule has 1 N–H and O–H groups in total. The van der Waals surface area contributed by atoms with Crippen LogP contribution >= 0.6 is 0 Å². The minimum Gasteiger partial charge on any atom is -0.438 e. The first-order valence-corrected chi connectivity index (χ1v) is 5.56. The van der Waals surface area contributed by atoms with Crippen molar-refractivity contribution in [1.29, 1.82) is 5.26 Å².